The summed E-state index contributed by atoms with van der Waals surface area (Å²) in [6, 6.07) is 0. The molecule has 18 heavy (non-hydrogen) atoms. The molecule has 0 aromatic carbocycles. The summed E-state index contributed by atoms with van der Waals surface area (Å²) in [4.78, 5) is 2.22. The zero-order chi connectivity index (χ0) is 13.6. The molecule has 1 aliphatic rings. The van der Waals surface area contributed by atoms with Crippen LogP contribution >= 0.6 is 0 Å². The van der Waals surface area contributed by atoms with Crippen molar-refractivity contribution in [1.82, 2.24) is 9.21 Å². The lowest BCUT2D eigenvalue weighted by atomic mass is 9.92. The highest BCUT2D eigenvalue weighted by Gasteiger charge is 2.26. The van der Waals surface area contributed by atoms with E-state index in [-0.39, 0.29) is 5.75 Å². The Hall–Kier alpha value is -0.130. The van der Waals surface area contributed by atoms with E-state index < -0.39 is 10.0 Å². The molecular formula is C13H28N2O2S. The second-order valence-electron chi connectivity index (χ2n) is 5.54. The second kappa shape index (κ2) is 7.46. The summed E-state index contributed by atoms with van der Waals surface area (Å²) >= 11 is 0. The van der Waals surface area contributed by atoms with E-state index >= 15 is 0 Å². The highest BCUT2D eigenvalue weighted by Crippen LogP contribution is 2.24. The van der Waals surface area contributed by atoms with Gasteiger partial charge >= 0.3 is 0 Å². The SMILES string of the molecule is CCS(=O)(=O)N1CCC(CCCCN(C)C)CC1. The molecule has 0 N–H and O–H groups in total. The molecule has 0 radical (unpaired) electrons. The summed E-state index contributed by atoms with van der Waals surface area (Å²) in [6.45, 7) is 4.34. The van der Waals surface area contributed by atoms with Crippen LogP contribution in [-0.2, 0) is 10.0 Å². The molecule has 5 heteroatoms. The quantitative estimate of drug-likeness (QED) is 0.666. The largest absolute Gasteiger partial charge is 0.309 e. The molecule has 0 spiro atoms. The molecule has 0 saturated carbocycles. The number of nitrogens with zero attached hydrogens (tertiary/aromatic N) is 2. The van der Waals surface area contributed by atoms with Crippen molar-refractivity contribution in [2.75, 3.05) is 39.5 Å². The Morgan fingerprint density at radius 1 is 1.17 bits per heavy atom. The molecular weight excluding hydrogens is 248 g/mol. The lowest BCUT2D eigenvalue weighted by Gasteiger charge is -2.31. The zero-order valence-electron chi connectivity index (χ0n) is 12.1. The minimum Gasteiger partial charge on any atom is -0.309 e. The van der Waals surface area contributed by atoms with Crippen LogP contribution in [0.25, 0.3) is 0 Å². The van der Waals surface area contributed by atoms with Crippen LogP contribution in [0.2, 0.25) is 0 Å². The monoisotopic (exact) mass is 276 g/mol. The van der Waals surface area contributed by atoms with Crippen molar-refractivity contribution in [3.05, 3.63) is 0 Å². The van der Waals surface area contributed by atoms with E-state index in [1.54, 1.807) is 11.2 Å². The molecule has 1 rings (SSSR count). The molecule has 0 amide bonds. The Labute approximate surface area is 112 Å². The predicted octanol–water partition coefficient (Wildman–Crippen LogP) is 1.78. The molecule has 1 saturated heterocycles. The fraction of sp³-hybridized carbons (Fsp3) is 1.00. The molecule has 1 heterocycles. The number of unbranched alkanes of at least 4 members (excludes halogenated alkanes) is 1. The first-order valence-electron chi connectivity index (χ1n) is 7.08. The fourth-order valence-corrected chi connectivity index (χ4v) is 3.65. The normalized spacial score (nSPS) is 19.6. The van der Waals surface area contributed by atoms with Crippen molar-refractivity contribution in [2.45, 2.75) is 39.0 Å². The van der Waals surface area contributed by atoms with Crippen LogP contribution in [0.4, 0.5) is 0 Å². The van der Waals surface area contributed by atoms with Crippen LogP contribution < -0.4 is 0 Å². The summed E-state index contributed by atoms with van der Waals surface area (Å²) in [7, 11) is 1.26. The zero-order valence-corrected chi connectivity index (χ0v) is 12.9. The molecule has 0 aromatic heterocycles. The Morgan fingerprint density at radius 3 is 2.28 bits per heavy atom. The van der Waals surface area contributed by atoms with Crippen LogP contribution in [0.5, 0.6) is 0 Å². The van der Waals surface area contributed by atoms with Gasteiger partial charge in [0.25, 0.3) is 0 Å². The van der Waals surface area contributed by atoms with Gasteiger partial charge in [-0.3, -0.25) is 0 Å². The van der Waals surface area contributed by atoms with Crippen molar-refractivity contribution in [2.24, 2.45) is 5.92 Å². The van der Waals surface area contributed by atoms with E-state index in [1.807, 2.05) is 0 Å². The number of piperidine rings is 1. The van der Waals surface area contributed by atoms with E-state index in [0.29, 0.717) is 0 Å². The summed E-state index contributed by atoms with van der Waals surface area (Å²) in [5.74, 6) is 0.969. The van der Waals surface area contributed by atoms with Crippen molar-refractivity contribution < 1.29 is 8.42 Å². The summed E-state index contributed by atoms with van der Waals surface area (Å²) in [5, 5.41) is 0. The molecule has 0 bridgehead atoms. The van der Waals surface area contributed by atoms with Gasteiger partial charge in [-0.05, 0) is 52.7 Å². The maximum Gasteiger partial charge on any atom is 0.213 e. The van der Waals surface area contributed by atoms with Gasteiger partial charge in [-0.1, -0.05) is 12.8 Å². The third-order valence-corrected chi connectivity index (χ3v) is 5.68. The average Bonchev–Trinajstić information content (AvgIpc) is 2.35. The van der Waals surface area contributed by atoms with Gasteiger partial charge in [0.05, 0.1) is 5.75 Å². The van der Waals surface area contributed by atoms with E-state index in [1.165, 1.54) is 19.3 Å². The van der Waals surface area contributed by atoms with Crippen LogP contribution in [-0.4, -0.2) is 57.1 Å². The van der Waals surface area contributed by atoms with E-state index in [0.717, 1.165) is 38.4 Å². The first-order chi connectivity index (χ1) is 8.45. The summed E-state index contributed by atoms with van der Waals surface area (Å²) < 4.78 is 25.1. The van der Waals surface area contributed by atoms with Crippen LogP contribution in [0, 0.1) is 5.92 Å². The summed E-state index contributed by atoms with van der Waals surface area (Å²) in [5.41, 5.74) is 0. The fourth-order valence-electron chi connectivity index (χ4n) is 2.52. The van der Waals surface area contributed by atoms with Crippen LogP contribution in [0.1, 0.15) is 39.0 Å². The minimum absolute atomic E-state index is 0.237. The van der Waals surface area contributed by atoms with E-state index in [2.05, 4.69) is 19.0 Å². The van der Waals surface area contributed by atoms with E-state index in [4.69, 9.17) is 0 Å². The first-order valence-corrected chi connectivity index (χ1v) is 8.69. The topological polar surface area (TPSA) is 40.6 Å². The van der Waals surface area contributed by atoms with Gasteiger partial charge in [-0.15, -0.1) is 0 Å². The molecule has 0 aromatic rings. The third kappa shape index (κ3) is 5.24. The molecule has 1 fully saturated rings. The Kier molecular flexibility index (Phi) is 6.60. The Bertz CT molecular complexity index is 320. The molecule has 4 nitrogen and oxygen atoms in total. The van der Waals surface area contributed by atoms with Gasteiger partial charge in [-0.2, -0.15) is 0 Å². The standard InChI is InChI=1S/C13H28N2O2S/c1-4-18(16,17)15-11-8-13(9-12-15)7-5-6-10-14(2)3/h13H,4-12H2,1-3H3. The number of sulfonamides is 1. The first kappa shape index (κ1) is 15.9. The van der Waals surface area contributed by atoms with Crippen molar-refractivity contribution in [3.8, 4) is 0 Å². The van der Waals surface area contributed by atoms with Crippen LogP contribution in [0.3, 0.4) is 0 Å². The average molecular weight is 276 g/mol. The maximum atomic E-state index is 11.7. The van der Waals surface area contributed by atoms with Crippen LogP contribution in [0.15, 0.2) is 0 Å². The lowest BCUT2D eigenvalue weighted by molar-refractivity contribution is 0.256. The third-order valence-electron chi connectivity index (χ3n) is 3.80. The molecule has 1 aliphatic heterocycles. The number of hydrogen-bond donors (Lipinski definition) is 0. The molecule has 0 aliphatic carbocycles. The predicted molar refractivity (Wildman–Crippen MR) is 76.2 cm³/mol. The van der Waals surface area contributed by atoms with Gasteiger partial charge in [0, 0.05) is 13.1 Å². The van der Waals surface area contributed by atoms with Gasteiger partial charge in [0.2, 0.25) is 10.0 Å². The molecule has 0 unspecified atom stereocenters. The van der Waals surface area contributed by atoms with Crippen molar-refractivity contribution in [3.63, 3.8) is 0 Å². The number of hydrogen-bond acceptors (Lipinski definition) is 3. The molecule has 108 valence electrons. The number of rotatable bonds is 7. The second-order valence-corrected chi connectivity index (χ2v) is 7.80. The smallest absolute Gasteiger partial charge is 0.213 e. The van der Waals surface area contributed by atoms with Gasteiger partial charge in [0.15, 0.2) is 0 Å². The highest BCUT2D eigenvalue weighted by atomic mass is 32.2. The van der Waals surface area contributed by atoms with Crippen molar-refractivity contribution in [1.29, 1.82) is 0 Å². The maximum absolute atomic E-state index is 11.7. The Morgan fingerprint density at radius 2 is 1.78 bits per heavy atom. The van der Waals surface area contributed by atoms with Gasteiger partial charge in [0.1, 0.15) is 0 Å². The van der Waals surface area contributed by atoms with Gasteiger partial charge < -0.3 is 4.90 Å². The Balaban J connectivity index is 2.20. The minimum atomic E-state index is -2.95. The highest BCUT2D eigenvalue weighted by molar-refractivity contribution is 7.89. The van der Waals surface area contributed by atoms with Gasteiger partial charge in [-0.25, -0.2) is 12.7 Å². The van der Waals surface area contributed by atoms with E-state index in [9.17, 15) is 8.42 Å². The lowest BCUT2D eigenvalue weighted by Crippen LogP contribution is -2.39. The summed E-state index contributed by atoms with van der Waals surface area (Å²) in [6.07, 6.45) is 5.86. The van der Waals surface area contributed by atoms with Crippen molar-refractivity contribution >= 4 is 10.0 Å². The molecule has 0 atom stereocenters.